The summed E-state index contributed by atoms with van der Waals surface area (Å²) < 4.78 is 0. The van der Waals surface area contributed by atoms with Crippen molar-refractivity contribution in [2.75, 3.05) is 0 Å². The molecule has 1 heterocycles. The molecule has 3 rings (SSSR count). The zero-order chi connectivity index (χ0) is 20.5. The van der Waals surface area contributed by atoms with Crippen molar-refractivity contribution in [2.45, 2.75) is 27.7 Å². The van der Waals surface area contributed by atoms with Crippen LogP contribution >= 0.6 is 31.5 Å². The number of hydrogen-bond acceptors (Lipinski definition) is 3. The van der Waals surface area contributed by atoms with Crippen LogP contribution in [0.5, 0.6) is 0 Å². The molecule has 0 aliphatic rings. The molecule has 0 radical (unpaired) electrons. The minimum absolute atomic E-state index is 0.194. The summed E-state index contributed by atoms with van der Waals surface area (Å²) in [5.41, 5.74) is 6.54. The van der Waals surface area contributed by atoms with Crippen LogP contribution in [0.1, 0.15) is 34.7 Å². The Kier molecular flexibility index (Phi) is 9.43. The molecule has 6 heteroatoms. The fourth-order valence-electron chi connectivity index (χ4n) is 2.46. The summed E-state index contributed by atoms with van der Waals surface area (Å²) in [6.07, 6.45) is 0. The first-order valence-corrected chi connectivity index (χ1v) is 12.5. The van der Waals surface area contributed by atoms with Crippen LogP contribution in [0.2, 0.25) is 0 Å². The van der Waals surface area contributed by atoms with Crippen LogP contribution in [-0.2, 0) is 13.1 Å². The molecule has 0 aliphatic heterocycles. The van der Waals surface area contributed by atoms with Gasteiger partial charge >= 0.3 is 33.3 Å². The van der Waals surface area contributed by atoms with Gasteiger partial charge in [-0.25, -0.2) is 0 Å². The van der Waals surface area contributed by atoms with Gasteiger partial charge in [0.05, 0.1) is 22.8 Å². The topological polar surface area (TPSA) is 24.7 Å². The van der Waals surface area contributed by atoms with Crippen molar-refractivity contribution in [3.8, 4) is 0 Å². The summed E-state index contributed by atoms with van der Waals surface area (Å²) in [6, 6.07) is 20.8. The number of thiophene rings is 1. The van der Waals surface area contributed by atoms with Crippen LogP contribution in [0, 0.1) is 13.8 Å². The molecule has 2 aromatic carbocycles. The molecule has 0 N–H and O–H groups in total. The first-order chi connectivity index (χ1) is 13.4. The third-order valence-electron chi connectivity index (χ3n) is 3.98. The molecular weight excluding hydrogens is 451 g/mol. The summed E-state index contributed by atoms with van der Waals surface area (Å²) in [7, 11) is 9.53. The van der Waals surface area contributed by atoms with Crippen molar-refractivity contribution < 1.29 is 13.1 Å². The molecule has 0 aliphatic carbocycles. The SMILES string of the molecule is CC(=Nc1ccc(C)cc1)c1ccc(C(C)=Nc2ccc(C)cc2)s1.[Cl][Fe][Cl]. The van der Waals surface area contributed by atoms with Crippen LogP contribution in [0.3, 0.4) is 0 Å². The zero-order valence-corrected chi connectivity index (χ0v) is 19.6. The molecule has 0 unspecified atom stereocenters. The van der Waals surface area contributed by atoms with Crippen LogP contribution in [0.4, 0.5) is 11.4 Å². The molecular formula is C22H22Cl2FeN2S. The van der Waals surface area contributed by atoms with Crippen molar-refractivity contribution in [3.05, 3.63) is 81.5 Å². The Hall–Kier alpha value is -1.42. The fraction of sp³-hybridized carbons (Fsp3) is 0.182. The molecule has 0 fully saturated rings. The molecule has 3 aromatic rings. The molecule has 0 saturated heterocycles. The molecule has 0 bridgehead atoms. The van der Waals surface area contributed by atoms with E-state index >= 15 is 0 Å². The van der Waals surface area contributed by atoms with Gasteiger partial charge in [0.25, 0.3) is 0 Å². The number of hydrogen-bond donors (Lipinski definition) is 0. The van der Waals surface area contributed by atoms with Crippen LogP contribution in [-0.4, -0.2) is 11.4 Å². The van der Waals surface area contributed by atoms with E-state index in [2.05, 4.69) is 88.4 Å². The van der Waals surface area contributed by atoms with Crippen molar-refractivity contribution in [1.29, 1.82) is 0 Å². The average Bonchev–Trinajstić information content (AvgIpc) is 3.17. The van der Waals surface area contributed by atoms with Crippen LogP contribution < -0.4 is 0 Å². The molecule has 148 valence electrons. The molecule has 0 amide bonds. The molecule has 0 atom stereocenters. The Morgan fingerprint density at radius 2 is 1.00 bits per heavy atom. The van der Waals surface area contributed by atoms with Gasteiger partial charge in [0, 0.05) is 9.75 Å². The average molecular weight is 473 g/mol. The Balaban J connectivity index is 0.000000878. The van der Waals surface area contributed by atoms with E-state index in [1.807, 2.05) is 0 Å². The van der Waals surface area contributed by atoms with E-state index in [1.54, 1.807) is 11.3 Å². The Morgan fingerprint density at radius 3 is 1.32 bits per heavy atom. The third-order valence-corrected chi connectivity index (χ3v) is 5.28. The Bertz CT molecular complexity index is 869. The summed E-state index contributed by atoms with van der Waals surface area (Å²) in [4.78, 5) is 11.8. The molecule has 0 saturated carbocycles. The minimum atomic E-state index is 0.194. The van der Waals surface area contributed by atoms with Crippen molar-refractivity contribution in [1.82, 2.24) is 0 Å². The van der Waals surface area contributed by atoms with Crippen LogP contribution in [0.25, 0.3) is 0 Å². The van der Waals surface area contributed by atoms with Gasteiger partial charge in [0.1, 0.15) is 0 Å². The summed E-state index contributed by atoms with van der Waals surface area (Å²) in [5, 5.41) is 0. The number of benzene rings is 2. The van der Waals surface area contributed by atoms with Crippen molar-refractivity contribution >= 4 is 54.3 Å². The van der Waals surface area contributed by atoms with Gasteiger partial charge in [0.15, 0.2) is 0 Å². The third kappa shape index (κ3) is 7.20. The predicted octanol–water partition coefficient (Wildman–Crippen LogP) is 8.02. The van der Waals surface area contributed by atoms with Gasteiger partial charge in [-0.3, -0.25) is 9.98 Å². The molecule has 2 nitrogen and oxygen atoms in total. The number of halogens is 2. The molecule has 0 spiro atoms. The van der Waals surface area contributed by atoms with E-state index in [0.717, 1.165) is 22.8 Å². The van der Waals surface area contributed by atoms with E-state index in [4.69, 9.17) is 30.2 Å². The Labute approximate surface area is 186 Å². The van der Waals surface area contributed by atoms with E-state index in [9.17, 15) is 0 Å². The maximum atomic E-state index is 4.76. The first-order valence-electron chi connectivity index (χ1n) is 8.62. The van der Waals surface area contributed by atoms with Gasteiger partial charge in [0.2, 0.25) is 0 Å². The number of aryl methyl sites for hydroxylation is 2. The summed E-state index contributed by atoms with van der Waals surface area (Å²) in [5.74, 6) is 0. The van der Waals surface area contributed by atoms with Gasteiger partial charge in [-0.1, -0.05) is 35.4 Å². The van der Waals surface area contributed by atoms with Gasteiger partial charge in [-0.2, -0.15) is 0 Å². The summed E-state index contributed by atoms with van der Waals surface area (Å²) in [6.45, 7) is 8.29. The van der Waals surface area contributed by atoms with Gasteiger partial charge in [-0.05, 0) is 64.1 Å². The standard InChI is InChI=1S/C22H22N2S.2ClH.Fe/c1-15-5-9-19(10-6-15)23-17(3)21-13-14-22(25-21)18(4)24-20-11-7-16(2)8-12-20;;;/h5-14H,1-4H3;2*1H;/q;;;+2/p-2. The van der Waals surface area contributed by atoms with Gasteiger partial charge < -0.3 is 0 Å². The second-order valence-corrected chi connectivity index (χ2v) is 9.19. The van der Waals surface area contributed by atoms with Crippen molar-refractivity contribution in [2.24, 2.45) is 9.98 Å². The van der Waals surface area contributed by atoms with Crippen molar-refractivity contribution in [3.63, 3.8) is 0 Å². The quantitative estimate of drug-likeness (QED) is 0.271. The number of aliphatic imine (C=N–C) groups is 2. The molecule has 28 heavy (non-hydrogen) atoms. The maximum absolute atomic E-state index is 4.76. The van der Waals surface area contributed by atoms with Gasteiger partial charge in [-0.15, -0.1) is 11.3 Å². The monoisotopic (exact) mass is 472 g/mol. The Morgan fingerprint density at radius 1 is 0.679 bits per heavy atom. The predicted molar refractivity (Wildman–Crippen MR) is 122 cm³/mol. The molecule has 1 aromatic heterocycles. The second kappa shape index (κ2) is 11.5. The van der Waals surface area contributed by atoms with E-state index in [1.165, 1.54) is 20.9 Å². The fourth-order valence-corrected chi connectivity index (χ4v) is 3.36. The number of nitrogens with zero attached hydrogens (tertiary/aromatic N) is 2. The van der Waals surface area contributed by atoms with E-state index in [-0.39, 0.29) is 13.1 Å². The summed E-state index contributed by atoms with van der Waals surface area (Å²) >= 11 is 1.93. The van der Waals surface area contributed by atoms with E-state index in [0.29, 0.717) is 0 Å². The number of rotatable bonds is 4. The second-order valence-electron chi connectivity index (χ2n) is 6.28. The van der Waals surface area contributed by atoms with Crippen LogP contribution in [0.15, 0.2) is 70.6 Å². The first kappa shape index (κ1) is 22.9. The normalized spacial score (nSPS) is 11.9. The zero-order valence-electron chi connectivity index (χ0n) is 16.2. The van der Waals surface area contributed by atoms with E-state index < -0.39 is 0 Å².